The molecular formula is C16H22O6. The van der Waals surface area contributed by atoms with Gasteiger partial charge < -0.3 is 18.9 Å². The number of esters is 2. The van der Waals surface area contributed by atoms with E-state index in [1.54, 1.807) is 18.2 Å². The number of hydrogen-bond donors (Lipinski definition) is 0. The van der Waals surface area contributed by atoms with Crippen LogP contribution in [-0.4, -0.2) is 32.8 Å². The highest BCUT2D eigenvalue weighted by atomic mass is 16.6. The monoisotopic (exact) mass is 310 g/mol. The molecule has 0 aliphatic heterocycles. The first-order valence-corrected chi connectivity index (χ1v) is 7.19. The minimum Gasteiger partial charge on any atom is -0.493 e. The molecule has 122 valence electrons. The molecule has 0 heterocycles. The summed E-state index contributed by atoms with van der Waals surface area (Å²) in [4.78, 5) is 23.2. The largest absolute Gasteiger partial charge is 0.493 e. The van der Waals surface area contributed by atoms with Crippen molar-refractivity contribution in [2.75, 3.05) is 20.8 Å². The van der Waals surface area contributed by atoms with Gasteiger partial charge in [0.05, 0.1) is 20.8 Å². The molecule has 0 bridgehead atoms. The van der Waals surface area contributed by atoms with Crippen molar-refractivity contribution in [1.82, 2.24) is 0 Å². The first-order valence-electron chi connectivity index (χ1n) is 7.19. The van der Waals surface area contributed by atoms with Crippen molar-refractivity contribution < 1.29 is 28.5 Å². The van der Waals surface area contributed by atoms with Crippen LogP contribution in [0.4, 0.5) is 0 Å². The third-order valence-electron chi connectivity index (χ3n) is 2.83. The maximum atomic E-state index is 11.9. The summed E-state index contributed by atoms with van der Waals surface area (Å²) in [6.45, 7) is 2.33. The summed E-state index contributed by atoms with van der Waals surface area (Å²) < 4.78 is 20.5. The molecule has 6 heteroatoms. The van der Waals surface area contributed by atoms with Crippen molar-refractivity contribution >= 4 is 11.9 Å². The molecule has 0 saturated carbocycles. The zero-order valence-electron chi connectivity index (χ0n) is 13.2. The number of rotatable bonds is 9. The van der Waals surface area contributed by atoms with Gasteiger partial charge in [-0.3, -0.25) is 9.59 Å². The smallest absolute Gasteiger partial charge is 0.311 e. The van der Waals surface area contributed by atoms with Crippen LogP contribution in [0.3, 0.4) is 0 Å². The fourth-order valence-corrected chi connectivity index (χ4v) is 1.75. The topological polar surface area (TPSA) is 71.1 Å². The first kappa shape index (κ1) is 17.8. The predicted molar refractivity (Wildman–Crippen MR) is 80.3 cm³/mol. The molecule has 1 aromatic carbocycles. The Labute approximate surface area is 130 Å². The molecule has 0 N–H and O–H groups in total. The van der Waals surface area contributed by atoms with Crippen LogP contribution in [0.25, 0.3) is 0 Å². The molecule has 22 heavy (non-hydrogen) atoms. The maximum Gasteiger partial charge on any atom is 0.311 e. The molecule has 1 aromatic rings. The molecule has 0 spiro atoms. The normalized spacial score (nSPS) is 9.95. The lowest BCUT2D eigenvalue weighted by molar-refractivity contribution is -0.144. The Balaban J connectivity index is 2.50. The standard InChI is InChI=1S/C16H22O6/c1-4-11-21-14(17)9-6-10-15(18)22-16-12(19-2)7-5-8-13(16)20-3/h5,7-8H,4,6,9-11H2,1-3H3. The van der Waals surface area contributed by atoms with Crippen LogP contribution >= 0.6 is 0 Å². The van der Waals surface area contributed by atoms with E-state index in [-0.39, 0.29) is 24.6 Å². The average Bonchev–Trinajstić information content (AvgIpc) is 2.53. The number of hydrogen-bond acceptors (Lipinski definition) is 6. The van der Waals surface area contributed by atoms with Crippen molar-refractivity contribution in [2.45, 2.75) is 32.6 Å². The fourth-order valence-electron chi connectivity index (χ4n) is 1.75. The summed E-state index contributed by atoms with van der Waals surface area (Å²) in [5.41, 5.74) is 0. The van der Waals surface area contributed by atoms with E-state index in [1.165, 1.54) is 14.2 Å². The second-order valence-electron chi connectivity index (χ2n) is 4.54. The van der Waals surface area contributed by atoms with Gasteiger partial charge in [0, 0.05) is 12.8 Å². The van der Waals surface area contributed by atoms with Crippen LogP contribution in [0.1, 0.15) is 32.6 Å². The zero-order chi connectivity index (χ0) is 16.4. The number of ether oxygens (including phenoxy) is 4. The van der Waals surface area contributed by atoms with Crippen LogP contribution in [0, 0.1) is 0 Å². The highest BCUT2D eigenvalue weighted by Gasteiger charge is 2.16. The van der Waals surface area contributed by atoms with Crippen LogP contribution in [0.5, 0.6) is 17.2 Å². The van der Waals surface area contributed by atoms with Crippen molar-refractivity contribution in [2.24, 2.45) is 0 Å². The van der Waals surface area contributed by atoms with E-state index in [0.717, 1.165) is 6.42 Å². The van der Waals surface area contributed by atoms with Crippen LogP contribution in [0.2, 0.25) is 0 Å². The van der Waals surface area contributed by atoms with Gasteiger partial charge in [0.25, 0.3) is 0 Å². The van der Waals surface area contributed by atoms with Crippen LogP contribution < -0.4 is 14.2 Å². The number of benzene rings is 1. The SMILES string of the molecule is CCCOC(=O)CCCC(=O)Oc1c(OC)cccc1OC. The maximum absolute atomic E-state index is 11.9. The average molecular weight is 310 g/mol. The highest BCUT2D eigenvalue weighted by Crippen LogP contribution is 2.37. The third kappa shape index (κ3) is 5.63. The second kappa shape index (κ2) is 9.65. The lowest BCUT2D eigenvalue weighted by Crippen LogP contribution is -2.11. The van der Waals surface area contributed by atoms with E-state index in [1.807, 2.05) is 6.92 Å². The Hall–Kier alpha value is -2.24. The summed E-state index contributed by atoms with van der Waals surface area (Å²) in [5.74, 6) is 0.312. The number of methoxy groups -OCH3 is 2. The Morgan fingerprint density at radius 2 is 1.59 bits per heavy atom. The Kier molecular flexibility index (Phi) is 7.81. The molecule has 0 radical (unpaired) electrons. The molecule has 0 atom stereocenters. The van der Waals surface area contributed by atoms with E-state index >= 15 is 0 Å². The van der Waals surface area contributed by atoms with Gasteiger partial charge in [0.1, 0.15) is 0 Å². The summed E-state index contributed by atoms with van der Waals surface area (Å²) in [6.07, 6.45) is 1.46. The summed E-state index contributed by atoms with van der Waals surface area (Å²) in [7, 11) is 2.96. The van der Waals surface area contributed by atoms with Gasteiger partial charge >= 0.3 is 11.9 Å². The van der Waals surface area contributed by atoms with E-state index in [0.29, 0.717) is 24.5 Å². The second-order valence-corrected chi connectivity index (χ2v) is 4.54. The Morgan fingerprint density at radius 3 is 2.14 bits per heavy atom. The molecule has 0 saturated heterocycles. The Morgan fingerprint density at radius 1 is 1.00 bits per heavy atom. The minimum atomic E-state index is -0.453. The fraction of sp³-hybridized carbons (Fsp3) is 0.500. The molecule has 0 aromatic heterocycles. The van der Waals surface area contributed by atoms with Crippen LogP contribution in [-0.2, 0) is 14.3 Å². The molecule has 0 unspecified atom stereocenters. The molecule has 0 amide bonds. The lowest BCUT2D eigenvalue weighted by Gasteiger charge is -2.12. The molecule has 0 fully saturated rings. The van der Waals surface area contributed by atoms with E-state index in [4.69, 9.17) is 18.9 Å². The van der Waals surface area contributed by atoms with Gasteiger partial charge in [-0.1, -0.05) is 13.0 Å². The zero-order valence-corrected chi connectivity index (χ0v) is 13.2. The lowest BCUT2D eigenvalue weighted by atomic mass is 10.2. The van der Waals surface area contributed by atoms with Gasteiger partial charge in [0.2, 0.25) is 5.75 Å². The van der Waals surface area contributed by atoms with Gasteiger partial charge in [-0.25, -0.2) is 0 Å². The molecule has 6 nitrogen and oxygen atoms in total. The quantitative estimate of drug-likeness (QED) is 0.516. The molecule has 0 aliphatic carbocycles. The summed E-state index contributed by atoms with van der Waals surface area (Å²) in [6, 6.07) is 5.08. The number of carbonyl (C=O) groups excluding carboxylic acids is 2. The number of carbonyl (C=O) groups is 2. The van der Waals surface area contributed by atoms with Gasteiger partial charge in [-0.15, -0.1) is 0 Å². The van der Waals surface area contributed by atoms with E-state index in [9.17, 15) is 9.59 Å². The van der Waals surface area contributed by atoms with E-state index < -0.39 is 5.97 Å². The van der Waals surface area contributed by atoms with Crippen molar-refractivity contribution in [3.63, 3.8) is 0 Å². The number of para-hydroxylation sites is 1. The van der Waals surface area contributed by atoms with Gasteiger partial charge in [-0.2, -0.15) is 0 Å². The van der Waals surface area contributed by atoms with Crippen molar-refractivity contribution in [3.8, 4) is 17.2 Å². The molecule has 0 aliphatic rings. The van der Waals surface area contributed by atoms with Crippen molar-refractivity contribution in [1.29, 1.82) is 0 Å². The predicted octanol–water partition coefficient (Wildman–Crippen LogP) is 2.73. The summed E-state index contributed by atoms with van der Waals surface area (Å²) >= 11 is 0. The third-order valence-corrected chi connectivity index (χ3v) is 2.83. The van der Waals surface area contributed by atoms with E-state index in [2.05, 4.69) is 0 Å². The summed E-state index contributed by atoms with van der Waals surface area (Å²) in [5, 5.41) is 0. The van der Waals surface area contributed by atoms with Gasteiger partial charge in [-0.05, 0) is 25.0 Å². The molecular weight excluding hydrogens is 288 g/mol. The highest BCUT2D eigenvalue weighted by molar-refractivity contribution is 5.75. The minimum absolute atomic E-state index is 0.114. The molecule has 1 rings (SSSR count). The first-order chi connectivity index (χ1) is 10.6. The van der Waals surface area contributed by atoms with Crippen molar-refractivity contribution in [3.05, 3.63) is 18.2 Å². The van der Waals surface area contributed by atoms with Gasteiger partial charge in [0.15, 0.2) is 11.5 Å². The van der Waals surface area contributed by atoms with Crippen LogP contribution in [0.15, 0.2) is 18.2 Å². The Bertz CT molecular complexity index is 475.